The van der Waals surface area contributed by atoms with E-state index in [0.29, 0.717) is 30.6 Å². The zero-order valence-electron chi connectivity index (χ0n) is 12.9. The molecule has 1 unspecified atom stereocenters. The summed E-state index contributed by atoms with van der Waals surface area (Å²) in [5.41, 5.74) is 0. The Labute approximate surface area is 137 Å². The summed E-state index contributed by atoms with van der Waals surface area (Å²) in [6.07, 6.45) is 11.0. The van der Waals surface area contributed by atoms with Gasteiger partial charge in [-0.3, -0.25) is 0 Å². The van der Waals surface area contributed by atoms with E-state index in [1.54, 1.807) is 0 Å². The van der Waals surface area contributed by atoms with Crippen molar-refractivity contribution in [3.63, 3.8) is 0 Å². The fraction of sp³-hybridized carbons (Fsp3) is 0.684. The molecular formula is C19H36O3. The molecule has 2 aliphatic heterocycles. The number of allylic oxidation sites excluding steroid dienone is 3. The molecular weight excluding hydrogens is 276 g/mol. The van der Waals surface area contributed by atoms with Gasteiger partial charge in [-0.2, -0.15) is 0 Å². The van der Waals surface area contributed by atoms with Crippen molar-refractivity contribution in [2.45, 2.75) is 73.2 Å². The van der Waals surface area contributed by atoms with Gasteiger partial charge in [-0.05, 0) is 32.3 Å². The lowest BCUT2D eigenvalue weighted by Gasteiger charge is -2.26. The molecule has 0 radical (unpaired) electrons. The molecule has 0 aromatic heterocycles. The number of aliphatic hydroxyl groups is 1. The molecule has 0 aromatic rings. The Bertz CT molecular complexity index is 343. The second-order valence-corrected chi connectivity index (χ2v) is 5.51. The summed E-state index contributed by atoms with van der Waals surface area (Å²) < 4.78 is 10.4. The molecule has 4 atom stereocenters. The molecule has 0 aliphatic carbocycles. The van der Waals surface area contributed by atoms with E-state index in [1.165, 1.54) is 6.42 Å². The first kappa shape index (κ1) is 23.2. The van der Waals surface area contributed by atoms with Gasteiger partial charge in [0.1, 0.15) is 6.10 Å². The highest BCUT2D eigenvalue weighted by Gasteiger charge is 2.23. The van der Waals surface area contributed by atoms with Crippen LogP contribution in [0.25, 0.3) is 0 Å². The summed E-state index contributed by atoms with van der Waals surface area (Å²) in [4.78, 5) is 0. The molecule has 22 heavy (non-hydrogen) atoms. The van der Waals surface area contributed by atoms with Crippen LogP contribution in [0, 0.1) is 5.92 Å². The molecule has 0 saturated carbocycles. The second kappa shape index (κ2) is 12.5. The molecule has 0 spiro atoms. The summed E-state index contributed by atoms with van der Waals surface area (Å²) >= 11 is 0. The van der Waals surface area contributed by atoms with Gasteiger partial charge in [0, 0.05) is 12.8 Å². The molecule has 3 heteroatoms. The SMILES string of the molecule is C.C.C=C1C[C@H](O)CC(C=CC)O1.CC=C[C@@H](C)C[C@@H]1CO1. The van der Waals surface area contributed by atoms with E-state index in [4.69, 9.17) is 9.47 Å². The van der Waals surface area contributed by atoms with E-state index in [0.717, 1.165) is 6.61 Å². The molecule has 0 aromatic carbocycles. The van der Waals surface area contributed by atoms with Gasteiger partial charge >= 0.3 is 0 Å². The van der Waals surface area contributed by atoms with Crippen LogP contribution >= 0.6 is 0 Å². The molecule has 0 amide bonds. The Balaban J connectivity index is 0. The van der Waals surface area contributed by atoms with Crippen molar-refractivity contribution in [2.75, 3.05) is 6.61 Å². The molecule has 130 valence electrons. The van der Waals surface area contributed by atoms with E-state index < -0.39 is 0 Å². The summed E-state index contributed by atoms with van der Waals surface area (Å²) in [6, 6.07) is 0. The number of hydrogen-bond acceptors (Lipinski definition) is 3. The fourth-order valence-corrected chi connectivity index (χ4v) is 2.28. The van der Waals surface area contributed by atoms with Gasteiger partial charge in [0.15, 0.2) is 0 Å². The van der Waals surface area contributed by atoms with E-state index in [9.17, 15) is 5.11 Å². The number of aliphatic hydroxyl groups excluding tert-OH is 1. The normalized spacial score (nSPS) is 28.0. The average Bonchev–Trinajstić information content (AvgIpc) is 3.13. The Morgan fingerprint density at radius 3 is 2.41 bits per heavy atom. The number of epoxide rings is 1. The zero-order chi connectivity index (χ0) is 15.0. The minimum Gasteiger partial charge on any atom is -0.491 e. The minimum absolute atomic E-state index is 0. The first-order valence-electron chi connectivity index (χ1n) is 7.44. The Hall–Kier alpha value is -1.06. The lowest BCUT2D eigenvalue weighted by atomic mass is 10.0. The van der Waals surface area contributed by atoms with E-state index in [-0.39, 0.29) is 27.1 Å². The van der Waals surface area contributed by atoms with E-state index in [1.807, 2.05) is 19.1 Å². The summed E-state index contributed by atoms with van der Waals surface area (Å²) in [7, 11) is 0. The smallest absolute Gasteiger partial charge is 0.119 e. The van der Waals surface area contributed by atoms with Crippen LogP contribution < -0.4 is 0 Å². The summed E-state index contributed by atoms with van der Waals surface area (Å²) in [5.74, 6) is 1.38. The third kappa shape index (κ3) is 10.6. The van der Waals surface area contributed by atoms with Gasteiger partial charge in [0.2, 0.25) is 0 Å². The summed E-state index contributed by atoms with van der Waals surface area (Å²) in [6.45, 7) is 10.9. The minimum atomic E-state index is -0.280. The molecule has 2 saturated heterocycles. The maximum Gasteiger partial charge on any atom is 0.119 e. The molecule has 2 aliphatic rings. The third-order valence-corrected chi connectivity index (χ3v) is 3.25. The van der Waals surface area contributed by atoms with Gasteiger partial charge < -0.3 is 14.6 Å². The maximum absolute atomic E-state index is 9.30. The first-order chi connectivity index (χ1) is 9.55. The van der Waals surface area contributed by atoms with Gasteiger partial charge in [0.25, 0.3) is 0 Å². The molecule has 0 bridgehead atoms. The van der Waals surface area contributed by atoms with Crippen molar-refractivity contribution in [3.05, 3.63) is 36.6 Å². The van der Waals surface area contributed by atoms with Crippen molar-refractivity contribution >= 4 is 0 Å². The van der Waals surface area contributed by atoms with Crippen LogP contribution in [-0.4, -0.2) is 30.0 Å². The molecule has 2 rings (SSSR count). The highest BCUT2D eigenvalue weighted by Crippen LogP contribution is 2.21. The second-order valence-electron chi connectivity index (χ2n) is 5.51. The van der Waals surface area contributed by atoms with Crippen LogP contribution in [0.4, 0.5) is 0 Å². The van der Waals surface area contributed by atoms with Crippen LogP contribution in [0.1, 0.15) is 54.9 Å². The lowest BCUT2D eigenvalue weighted by Crippen LogP contribution is -2.25. The summed E-state index contributed by atoms with van der Waals surface area (Å²) in [5, 5.41) is 9.30. The predicted octanol–water partition coefficient (Wildman–Crippen LogP) is 4.88. The molecule has 3 nitrogen and oxygen atoms in total. The van der Waals surface area contributed by atoms with E-state index >= 15 is 0 Å². The van der Waals surface area contributed by atoms with Crippen LogP contribution in [0.2, 0.25) is 0 Å². The van der Waals surface area contributed by atoms with Gasteiger partial charge in [-0.15, -0.1) is 0 Å². The highest BCUT2D eigenvalue weighted by atomic mass is 16.6. The monoisotopic (exact) mass is 312 g/mol. The number of hydrogen-bond donors (Lipinski definition) is 1. The fourth-order valence-electron chi connectivity index (χ4n) is 2.28. The quantitative estimate of drug-likeness (QED) is 0.594. The Morgan fingerprint density at radius 2 is 1.95 bits per heavy atom. The zero-order valence-corrected chi connectivity index (χ0v) is 12.9. The first-order valence-corrected chi connectivity index (χ1v) is 7.44. The van der Waals surface area contributed by atoms with Crippen LogP contribution in [-0.2, 0) is 9.47 Å². The van der Waals surface area contributed by atoms with Crippen LogP contribution in [0.15, 0.2) is 36.6 Å². The third-order valence-electron chi connectivity index (χ3n) is 3.25. The average molecular weight is 312 g/mol. The number of ether oxygens (including phenoxy) is 2. The Morgan fingerprint density at radius 1 is 1.32 bits per heavy atom. The van der Waals surface area contributed by atoms with Crippen molar-refractivity contribution < 1.29 is 14.6 Å². The van der Waals surface area contributed by atoms with Crippen molar-refractivity contribution in [3.8, 4) is 0 Å². The van der Waals surface area contributed by atoms with Gasteiger partial charge in [0.05, 0.1) is 24.6 Å². The molecule has 2 fully saturated rings. The Kier molecular flexibility index (Phi) is 13.2. The predicted molar refractivity (Wildman–Crippen MR) is 95.9 cm³/mol. The van der Waals surface area contributed by atoms with Crippen molar-refractivity contribution in [1.82, 2.24) is 0 Å². The maximum atomic E-state index is 9.30. The van der Waals surface area contributed by atoms with Gasteiger partial charge in [-0.1, -0.05) is 46.6 Å². The van der Waals surface area contributed by atoms with Crippen molar-refractivity contribution in [2.24, 2.45) is 5.92 Å². The topological polar surface area (TPSA) is 42.0 Å². The standard InChI is InChI=1S/C9H14O2.C8H14O.2CH4/c1-3-4-9-6-8(10)5-7(2)11-9;1-3-4-7(2)5-8-6-9-8;;/h3-4,8-10H,2,5-6H2,1H3;3-4,7-8H,5-6H2,1-2H3;2*1H4/t8-,9?;7-,8-;;/m01../s1. The van der Waals surface area contributed by atoms with E-state index in [2.05, 4.69) is 32.6 Å². The lowest BCUT2D eigenvalue weighted by molar-refractivity contribution is 0.0250. The van der Waals surface area contributed by atoms with Crippen molar-refractivity contribution in [1.29, 1.82) is 0 Å². The van der Waals surface area contributed by atoms with Crippen LogP contribution in [0.3, 0.4) is 0 Å². The highest BCUT2D eigenvalue weighted by molar-refractivity contribution is 4.99. The molecule has 1 N–H and O–H groups in total. The largest absolute Gasteiger partial charge is 0.491 e. The number of rotatable bonds is 4. The van der Waals surface area contributed by atoms with Crippen LogP contribution in [0.5, 0.6) is 0 Å². The van der Waals surface area contributed by atoms with Gasteiger partial charge in [-0.25, -0.2) is 0 Å². The molecule has 2 heterocycles.